The van der Waals surface area contributed by atoms with Gasteiger partial charge in [0.05, 0.1) is 17.1 Å². The third-order valence-corrected chi connectivity index (χ3v) is 4.73. The topological polar surface area (TPSA) is 25.8 Å². The van der Waals surface area contributed by atoms with Crippen molar-refractivity contribution in [2.24, 2.45) is 0 Å². The van der Waals surface area contributed by atoms with E-state index in [4.69, 9.17) is 11.6 Å². The van der Waals surface area contributed by atoms with Crippen molar-refractivity contribution in [2.75, 3.05) is 0 Å². The van der Waals surface area contributed by atoms with Crippen LogP contribution in [0, 0.1) is 6.92 Å². The molecule has 0 atom stereocenters. The van der Waals surface area contributed by atoms with Gasteiger partial charge >= 0.3 is 0 Å². The van der Waals surface area contributed by atoms with Crippen LogP contribution in [0.25, 0.3) is 11.3 Å². The fourth-order valence-corrected chi connectivity index (χ4v) is 3.56. The number of benzene rings is 1. The van der Waals surface area contributed by atoms with Crippen LogP contribution in [0.1, 0.15) is 15.7 Å². The number of hydrogen-bond donors (Lipinski definition) is 0. The zero-order valence-electron chi connectivity index (χ0n) is 10.3. The fraction of sp³-hybridized carbons (Fsp3) is 0.143. The summed E-state index contributed by atoms with van der Waals surface area (Å²) in [6, 6.07) is 7.77. The maximum Gasteiger partial charge on any atom is 0.100 e. The third kappa shape index (κ3) is 3.03. The first-order valence-corrected chi connectivity index (χ1v) is 7.96. The second kappa shape index (κ2) is 5.41. The Morgan fingerprint density at radius 1 is 1.00 bits per heavy atom. The van der Waals surface area contributed by atoms with Gasteiger partial charge in [-0.3, -0.25) is 0 Å². The van der Waals surface area contributed by atoms with Crippen molar-refractivity contribution in [1.29, 1.82) is 0 Å². The maximum atomic E-state index is 5.89. The highest BCUT2D eigenvalue weighted by Crippen LogP contribution is 2.25. The van der Waals surface area contributed by atoms with Crippen LogP contribution < -0.4 is 0 Å². The Bertz CT molecular complexity index is 686. The number of hydrogen-bond acceptors (Lipinski definition) is 4. The van der Waals surface area contributed by atoms with Gasteiger partial charge in [-0.25, -0.2) is 9.97 Å². The third-order valence-electron chi connectivity index (χ3n) is 2.66. The van der Waals surface area contributed by atoms with E-state index in [0.717, 1.165) is 38.4 Å². The molecule has 2 aromatic heterocycles. The Balaban J connectivity index is 1.81. The molecule has 0 aliphatic heterocycles. The van der Waals surface area contributed by atoms with Crippen molar-refractivity contribution in [1.82, 2.24) is 9.97 Å². The van der Waals surface area contributed by atoms with E-state index in [9.17, 15) is 0 Å². The second-order valence-corrected chi connectivity index (χ2v) is 6.51. The molecule has 0 unspecified atom stereocenters. The zero-order chi connectivity index (χ0) is 13.2. The Morgan fingerprint density at radius 2 is 1.68 bits per heavy atom. The van der Waals surface area contributed by atoms with Crippen LogP contribution in [0.5, 0.6) is 0 Å². The summed E-state index contributed by atoms with van der Waals surface area (Å²) in [5, 5.41) is 7.12. The molecule has 3 aromatic rings. The molecule has 19 heavy (non-hydrogen) atoms. The summed E-state index contributed by atoms with van der Waals surface area (Å²) in [4.78, 5) is 9.12. The van der Waals surface area contributed by atoms with Crippen LogP contribution in [-0.4, -0.2) is 9.97 Å². The predicted octanol–water partition coefficient (Wildman–Crippen LogP) is 4.82. The first-order chi connectivity index (χ1) is 9.20. The lowest BCUT2D eigenvalue weighted by Gasteiger charge is -1.96. The summed E-state index contributed by atoms with van der Waals surface area (Å²) in [6.45, 7) is 2.01. The van der Waals surface area contributed by atoms with Crippen molar-refractivity contribution in [3.05, 3.63) is 55.8 Å². The van der Waals surface area contributed by atoms with Crippen LogP contribution in [-0.2, 0) is 6.42 Å². The van der Waals surface area contributed by atoms with Gasteiger partial charge in [-0.1, -0.05) is 23.7 Å². The van der Waals surface area contributed by atoms with Gasteiger partial charge in [-0.15, -0.1) is 22.7 Å². The molecule has 96 valence electrons. The molecule has 1 aromatic carbocycles. The van der Waals surface area contributed by atoms with Crippen molar-refractivity contribution in [3.8, 4) is 11.3 Å². The molecule has 0 N–H and O–H groups in total. The number of thiazole rings is 2. The van der Waals surface area contributed by atoms with E-state index in [1.165, 1.54) is 0 Å². The monoisotopic (exact) mass is 306 g/mol. The summed E-state index contributed by atoms with van der Waals surface area (Å²) >= 11 is 9.25. The number of nitrogens with zero attached hydrogens (tertiary/aromatic N) is 2. The molecule has 0 aliphatic rings. The minimum Gasteiger partial charge on any atom is -0.246 e. The van der Waals surface area contributed by atoms with Crippen LogP contribution in [0.2, 0.25) is 5.02 Å². The first kappa shape index (κ1) is 12.8. The molecule has 0 spiro atoms. The lowest BCUT2D eigenvalue weighted by atomic mass is 10.2. The molecule has 0 fully saturated rings. The van der Waals surface area contributed by atoms with E-state index in [1.54, 1.807) is 22.7 Å². The van der Waals surface area contributed by atoms with E-state index >= 15 is 0 Å². The van der Waals surface area contributed by atoms with Gasteiger partial charge in [0.25, 0.3) is 0 Å². The average Bonchev–Trinajstić information content (AvgIpc) is 3.00. The van der Waals surface area contributed by atoms with Crippen molar-refractivity contribution in [3.63, 3.8) is 0 Å². The average molecular weight is 307 g/mol. The number of halogens is 1. The van der Waals surface area contributed by atoms with Gasteiger partial charge in [0, 0.05) is 27.0 Å². The molecular formula is C14H11ClN2S2. The smallest absolute Gasteiger partial charge is 0.100 e. The molecular weight excluding hydrogens is 296 g/mol. The first-order valence-electron chi connectivity index (χ1n) is 5.82. The van der Waals surface area contributed by atoms with Gasteiger partial charge in [0.2, 0.25) is 0 Å². The van der Waals surface area contributed by atoms with Gasteiger partial charge in [-0.2, -0.15) is 0 Å². The Hall–Kier alpha value is -1.23. The van der Waals surface area contributed by atoms with Crippen LogP contribution >= 0.6 is 34.3 Å². The van der Waals surface area contributed by atoms with Crippen LogP contribution in [0.15, 0.2) is 35.0 Å². The molecule has 0 saturated carbocycles. The molecule has 3 rings (SSSR count). The van der Waals surface area contributed by atoms with Crippen molar-refractivity contribution >= 4 is 34.3 Å². The zero-order valence-corrected chi connectivity index (χ0v) is 12.6. The molecule has 2 nitrogen and oxygen atoms in total. The Morgan fingerprint density at radius 3 is 2.37 bits per heavy atom. The molecule has 0 bridgehead atoms. The maximum absolute atomic E-state index is 5.89. The molecule has 0 amide bonds. The Labute approximate surface area is 124 Å². The summed E-state index contributed by atoms with van der Waals surface area (Å²) in [7, 11) is 0. The SMILES string of the molecule is Cc1csc(Cc2nc(-c3ccc(Cl)cc3)cs2)n1. The van der Waals surface area contributed by atoms with E-state index in [2.05, 4.69) is 20.7 Å². The highest BCUT2D eigenvalue weighted by molar-refractivity contribution is 7.11. The van der Waals surface area contributed by atoms with Gasteiger partial charge in [-0.05, 0) is 19.1 Å². The van der Waals surface area contributed by atoms with Crippen LogP contribution in [0.3, 0.4) is 0 Å². The van der Waals surface area contributed by atoms with Crippen molar-refractivity contribution in [2.45, 2.75) is 13.3 Å². The normalized spacial score (nSPS) is 10.8. The van der Waals surface area contributed by atoms with E-state index in [0.29, 0.717) is 0 Å². The molecule has 5 heteroatoms. The summed E-state index contributed by atoms with van der Waals surface area (Å²) in [5.74, 6) is 0. The number of rotatable bonds is 3. The highest BCUT2D eigenvalue weighted by Gasteiger charge is 2.07. The predicted molar refractivity (Wildman–Crippen MR) is 82.2 cm³/mol. The minimum atomic E-state index is 0.748. The fourth-order valence-electron chi connectivity index (χ4n) is 1.76. The molecule has 2 heterocycles. The standard InChI is InChI=1S/C14H11ClN2S2/c1-9-7-18-13(16-9)6-14-17-12(8-19-14)10-2-4-11(15)5-3-10/h2-5,7-8H,6H2,1H3. The molecule has 0 saturated heterocycles. The largest absolute Gasteiger partial charge is 0.246 e. The summed E-state index contributed by atoms with van der Waals surface area (Å²) < 4.78 is 0. The van der Waals surface area contributed by atoms with E-state index < -0.39 is 0 Å². The summed E-state index contributed by atoms with van der Waals surface area (Å²) in [5.41, 5.74) is 3.18. The molecule has 0 radical (unpaired) electrons. The summed E-state index contributed by atoms with van der Waals surface area (Å²) in [6.07, 6.45) is 0.816. The number of aryl methyl sites for hydroxylation is 1. The number of aromatic nitrogens is 2. The van der Waals surface area contributed by atoms with Gasteiger partial charge < -0.3 is 0 Å². The lowest BCUT2D eigenvalue weighted by molar-refractivity contribution is 1.08. The van der Waals surface area contributed by atoms with Crippen molar-refractivity contribution < 1.29 is 0 Å². The minimum absolute atomic E-state index is 0.748. The molecule has 0 aliphatic carbocycles. The van der Waals surface area contributed by atoms with Gasteiger partial charge in [0.15, 0.2) is 0 Å². The van der Waals surface area contributed by atoms with Gasteiger partial charge in [0.1, 0.15) is 5.01 Å². The van der Waals surface area contributed by atoms with E-state index in [-0.39, 0.29) is 0 Å². The van der Waals surface area contributed by atoms with Crippen LogP contribution in [0.4, 0.5) is 0 Å². The quantitative estimate of drug-likeness (QED) is 0.693. The highest BCUT2D eigenvalue weighted by atomic mass is 35.5. The Kier molecular flexibility index (Phi) is 3.64. The van der Waals surface area contributed by atoms with E-state index in [1.807, 2.05) is 31.2 Å². The lowest BCUT2D eigenvalue weighted by Crippen LogP contribution is -1.87. The second-order valence-electron chi connectivity index (χ2n) is 4.19.